The summed E-state index contributed by atoms with van der Waals surface area (Å²) >= 11 is 0. The molecule has 13 heteroatoms. The number of nitrogens with one attached hydrogen (secondary N) is 1. The van der Waals surface area contributed by atoms with Crippen molar-refractivity contribution in [3.8, 4) is 5.75 Å². The number of carbonyl (C=O) groups excluding carboxylic acids is 4. The van der Waals surface area contributed by atoms with Gasteiger partial charge >= 0.3 is 0 Å². The van der Waals surface area contributed by atoms with Crippen molar-refractivity contribution >= 4 is 34.8 Å². The minimum Gasteiger partial charge on any atom is -0.507 e. The zero-order valence-electron chi connectivity index (χ0n) is 20.4. The molecular formula is C25H26N4O9. The summed E-state index contributed by atoms with van der Waals surface area (Å²) in [5, 5.41) is 50.5. The average molecular weight is 527 g/mol. The van der Waals surface area contributed by atoms with E-state index in [-0.39, 0.29) is 35.4 Å². The molecule has 2 unspecified atom stereocenters. The molecule has 6 atom stereocenters. The molecule has 0 aliphatic heterocycles. The van der Waals surface area contributed by atoms with E-state index >= 15 is 0 Å². The summed E-state index contributed by atoms with van der Waals surface area (Å²) in [6.45, 7) is 0. The van der Waals surface area contributed by atoms with Gasteiger partial charge in [0.1, 0.15) is 17.4 Å². The van der Waals surface area contributed by atoms with Crippen molar-refractivity contribution in [1.82, 2.24) is 10.1 Å². The van der Waals surface area contributed by atoms with Crippen molar-refractivity contribution in [2.24, 2.45) is 23.5 Å². The number of anilines is 1. The van der Waals surface area contributed by atoms with Gasteiger partial charge in [-0.1, -0.05) is 11.2 Å². The molecule has 38 heavy (non-hydrogen) atoms. The Kier molecular flexibility index (Phi) is 5.89. The topological polar surface area (TPSA) is 217 Å². The average Bonchev–Trinajstić information content (AvgIpc) is 3.38. The molecule has 7 N–H and O–H groups in total. The highest BCUT2D eigenvalue weighted by Crippen LogP contribution is 2.52. The van der Waals surface area contributed by atoms with Gasteiger partial charge in [-0.25, -0.2) is 0 Å². The minimum atomic E-state index is -2.74. The number of aliphatic hydroxyl groups excluding tert-OH is 2. The van der Waals surface area contributed by atoms with Crippen LogP contribution in [0.1, 0.15) is 28.1 Å². The molecule has 3 aliphatic carbocycles. The number of amides is 2. The molecule has 0 saturated heterocycles. The third-order valence-electron chi connectivity index (χ3n) is 7.87. The summed E-state index contributed by atoms with van der Waals surface area (Å²) in [6, 6.07) is 3.34. The molecule has 0 bridgehead atoms. The maximum atomic E-state index is 13.8. The van der Waals surface area contributed by atoms with Gasteiger partial charge in [-0.3, -0.25) is 19.2 Å². The number of Topliss-reactive ketones (excluding diaryl/α,β-unsaturated/α-hetero) is 2. The van der Waals surface area contributed by atoms with Crippen LogP contribution < -0.4 is 11.1 Å². The van der Waals surface area contributed by atoms with Crippen LogP contribution in [0.3, 0.4) is 0 Å². The van der Waals surface area contributed by atoms with Gasteiger partial charge in [0, 0.05) is 23.6 Å². The zero-order valence-corrected chi connectivity index (χ0v) is 20.4. The number of primary amides is 1. The number of aromatic nitrogens is 1. The van der Waals surface area contributed by atoms with Gasteiger partial charge in [-0.15, -0.1) is 0 Å². The Bertz CT molecular complexity index is 1400. The van der Waals surface area contributed by atoms with E-state index in [0.29, 0.717) is 5.56 Å². The molecule has 3 aliphatic rings. The van der Waals surface area contributed by atoms with E-state index in [2.05, 4.69) is 10.5 Å². The highest BCUT2D eigenvalue weighted by Gasteiger charge is 2.67. The normalized spacial score (nSPS) is 30.5. The first-order valence-corrected chi connectivity index (χ1v) is 11.8. The van der Waals surface area contributed by atoms with Gasteiger partial charge in [0.25, 0.3) is 5.91 Å². The maximum absolute atomic E-state index is 13.8. The number of likely N-dealkylation sites (N-methyl/N-ethyl adjacent to an activating group) is 1. The summed E-state index contributed by atoms with van der Waals surface area (Å²) in [5.41, 5.74) is 2.59. The Morgan fingerprint density at radius 2 is 1.92 bits per heavy atom. The van der Waals surface area contributed by atoms with Crippen molar-refractivity contribution in [2.75, 3.05) is 19.4 Å². The Balaban J connectivity index is 1.60. The second-order valence-corrected chi connectivity index (χ2v) is 10.1. The fourth-order valence-electron chi connectivity index (χ4n) is 6.20. The van der Waals surface area contributed by atoms with Gasteiger partial charge in [0.2, 0.25) is 17.5 Å². The molecule has 2 amide bonds. The van der Waals surface area contributed by atoms with Crippen LogP contribution in [-0.2, 0) is 20.8 Å². The van der Waals surface area contributed by atoms with E-state index in [1.54, 1.807) is 20.2 Å². The zero-order chi connectivity index (χ0) is 27.7. The molecule has 200 valence electrons. The van der Waals surface area contributed by atoms with Crippen molar-refractivity contribution in [3.63, 3.8) is 0 Å². The Hall–Kier alpha value is -4.07. The van der Waals surface area contributed by atoms with Gasteiger partial charge in [-0.05, 0) is 44.5 Å². The van der Waals surface area contributed by atoms with Gasteiger partial charge in [0.15, 0.2) is 11.4 Å². The molecule has 1 aromatic heterocycles. The van der Waals surface area contributed by atoms with Crippen LogP contribution in [0.2, 0.25) is 0 Å². The van der Waals surface area contributed by atoms with Crippen LogP contribution in [0.4, 0.5) is 5.69 Å². The number of carbonyl (C=O) groups is 4. The van der Waals surface area contributed by atoms with Gasteiger partial charge in [-0.2, -0.15) is 0 Å². The fourth-order valence-corrected chi connectivity index (χ4v) is 6.20. The quantitative estimate of drug-likeness (QED) is 0.218. The van der Waals surface area contributed by atoms with Crippen LogP contribution >= 0.6 is 0 Å². The summed E-state index contributed by atoms with van der Waals surface area (Å²) in [7, 11) is 3.16. The fraction of sp³-hybridized carbons (Fsp3) is 0.400. The number of hydrogen-bond donors (Lipinski definition) is 6. The van der Waals surface area contributed by atoms with Gasteiger partial charge < -0.3 is 40.9 Å². The largest absolute Gasteiger partial charge is 0.507 e. The monoisotopic (exact) mass is 526 g/mol. The second-order valence-electron chi connectivity index (χ2n) is 10.1. The first-order chi connectivity index (χ1) is 17.9. The van der Waals surface area contributed by atoms with E-state index in [0.717, 1.165) is 0 Å². The van der Waals surface area contributed by atoms with E-state index in [9.17, 15) is 39.6 Å². The lowest BCUT2D eigenvalue weighted by atomic mass is 9.54. The third kappa shape index (κ3) is 3.46. The number of aliphatic hydroxyl groups is 3. The van der Waals surface area contributed by atoms with Crippen molar-refractivity contribution in [1.29, 1.82) is 0 Å². The first kappa shape index (κ1) is 25.6. The molecule has 0 radical (unpaired) electrons. The van der Waals surface area contributed by atoms with Crippen molar-refractivity contribution in [3.05, 3.63) is 46.9 Å². The van der Waals surface area contributed by atoms with Crippen LogP contribution in [0.15, 0.2) is 34.5 Å². The number of ketones is 2. The molecule has 2 saturated carbocycles. The standard InChI is InChI=1S/C25H26N4O9/c1-29(2)17-11-8-10-7-9-3-4-12(28-24(36)13-5-6-27-38-13)18(30)14(9)19(31)15(10)21(33)25(11,37)22(34)16(20(17)32)23(26)35/h3-6,10-11,16-17,20,30-32,37H,7-8H2,1-2H3,(H2,26,35)(H,28,36)/t10-,11-,16?,17-,20?,25-/m0/s1. The minimum absolute atomic E-state index is 0.0168. The van der Waals surface area contributed by atoms with Crippen LogP contribution in [0, 0.1) is 17.8 Å². The lowest BCUT2D eigenvalue weighted by molar-refractivity contribution is -0.184. The molecule has 5 rings (SSSR count). The Morgan fingerprint density at radius 3 is 2.53 bits per heavy atom. The predicted octanol–water partition coefficient (Wildman–Crippen LogP) is -0.631. The number of phenols is 1. The summed E-state index contributed by atoms with van der Waals surface area (Å²) in [6.07, 6.45) is -0.119. The molecule has 2 fully saturated rings. The number of hydrogen-bond acceptors (Lipinski definition) is 11. The van der Waals surface area contributed by atoms with Crippen LogP contribution in [0.5, 0.6) is 5.75 Å². The third-order valence-corrected chi connectivity index (χ3v) is 7.87. The van der Waals surface area contributed by atoms with E-state index < -0.39 is 70.4 Å². The number of phenolic OH excluding ortho intramolecular Hbond substituents is 1. The highest BCUT2D eigenvalue weighted by atomic mass is 16.5. The molecule has 0 spiro atoms. The maximum Gasteiger partial charge on any atom is 0.294 e. The predicted molar refractivity (Wildman–Crippen MR) is 129 cm³/mol. The SMILES string of the molecule is CN(C)[C@@H]1C(O)C(C(N)=O)C(=O)[C@@]2(O)C(=O)C3=C(O)c4c(ccc(NC(=O)c5ccno5)c4O)C[C@H]3C[C@@H]12. The molecule has 1 heterocycles. The van der Waals surface area contributed by atoms with Gasteiger partial charge in [0.05, 0.1) is 23.6 Å². The number of nitrogens with two attached hydrogens (primary N) is 1. The number of nitrogens with zero attached hydrogens (tertiary/aromatic N) is 2. The van der Waals surface area contributed by atoms with E-state index in [1.807, 2.05) is 0 Å². The van der Waals surface area contributed by atoms with Crippen molar-refractivity contribution in [2.45, 2.75) is 30.6 Å². The molecule has 2 aromatic rings. The van der Waals surface area contributed by atoms with Crippen LogP contribution in [0.25, 0.3) is 5.76 Å². The summed E-state index contributed by atoms with van der Waals surface area (Å²) in [5.74, 6) is -9.17. The smallest absolute Gasteiger partial charge is 0.294 e. The second kappa shape index (κ2) is 8.75. The van der Waals surface area contributed by atoms with E-state index in [1.165, 1.54) is 23.2 Å². The van der Waals surface area contributed by atoms with Crippen LogP contribution in [-0.4, -0.2) is 85.7 Å². The number of aromatic hydroxyl groups is 1. The molecule has 1 aromatic carbocycles. The lowest BCUT2D eigenvalue weighted by Crippen LogP contribution is -2.73. The first-order valence-electron chi connectivity index (χ1n) is 11.8. The Labute approximate surface area is 215 Å². The Morgan fingerprint density at radius 1 is 1.21 bits per heavy atom. The number of fused-ring (bicyclic) bond motifs is 3. The lowest BCUT2D eigenvalue weighted by Gasteiger charge is -2.53. The highest BCUT2D eigenvalue weighted by molar-refractivity contribution is 6.25. The van der Waals surface area contributed by atoms with E-state index in [4.69, 9.17) is 10.3 Å². The number of benzene rings is 1. The summed E-state index contributed by atoms with van der Waals surface area (Å²) < 4.78 is 4.79. The number of rotatable bonds is 4. The molecular weight excluding hydrogens is 500 g/mol. The van der Waals surface area contributed by atoms with Crippen molar-refractivity contribution < 1.29 is 44.1 Å². The molecule has 13 nitrogen and oxygen atoms in total. The summed E-state index contributed by atoms with van der Waals surface area (Å²) in [4.78, 5) is 53.1.